The first-order chi connectivity index (χ1) is 11.7. The van der Waals surface area contributed by atoms with Crippen molar-refractivity contribution in [3.05, 3.63) is 18.2 Å². The van der Waals surface area contributed by atoms with Crippen molar-refractivity contribution in [2.24, 2.45) is 0 Å². The van der Waals surface area contributed by atoms with Crippen LogP contribution in [-0.2, 0) is 0 Å². The van der Waals surface area contributed by atoms with E-state index < -0.39 is 0 Å². The third-order valence-electron chi connectivity index (χ3n) is 4.54. The lowest BCUT2D eigenvalue weighted by molar-refractivity contribution is 0.160. The van der Waals surface area contributed by atoms with Crippen LogP contribution in [0.2, 0.25) is 0 Å². The topological polar surface area (TPSA) is 50.8 Å². The maximum Gasteiger partial charge on any atom is 0.322 e. The molecule has 1 fully saturated rings. The van der Waals surface area contributed by atoms with Crippen LogP contribution in [0.3, 0.4) is 0 Å². The van der Waals surface area contributed by atoms with E-state index in [1.54, 1.807) is 7.11 Å². The molecule has 0 bridgehead atoms. The largest absolute Gasteiger partial charge is 0.497 e. The minimum Gasteiger partial charge on any atom is -0.497 e. The normalized spacial score (nSPS) is 17.5. The number of benzene rings is 1. The smallest absolute Gasteiger partial charge is 0.322 e. The predicted molar refractivity (Wildman–Crippen MR) is 97.1 cm³/mol. The second-order valence-electron chi connectivity index (χ2n) is 6.25. The summed E-state index contributed by atoms with van der Waals surface area (Å²) < 4.78 is 11.1. The number of hydrogen-bond acceptors (Lipinski definition) is 3. The SMILES string of the molecule is CCCCOc1ccc(OC)cc1NC(=O)N1CCCCC1CC. The molecular weight excluding hydrogens is 304 g/mol. The summed E-state index contributed by atoms with van der Waals surface area (Å²) in [6, 6.07) is 5.82. The zero-order chi connectivity index (χ0) is 17.4. The van der Waals surface area contributed by atoms with Gasteiger partial charge in [-0.15, -0.1) is 0 Å². The fraction of sp³-hybridized carbons (Fsp3) is 0.632. The number of rotatable bonds is 7. The van der Waals surface area contributed by atoms with Crippen molar-refractivity contribution in [1.29, 1.82) is 0 Å². The molecule has 2 amide bonds. The molecule has 5 nitrogen and oxygen atoms in total. The van der Waals surface area contributed by atoms with Gasteiger partial charge in [-0.1, -0.05) is 20.3 Å². The number of ether oxygens (including phenoxy) is 2. The van der Waals surface area contributed by atoms with E-state index in [1.165, 1.54) is 6.42 Å². The molecule has 1 atom stereocenters. The Bertz CT molecular complexity index is 533. The number of likely N-dealkylation sites (tertiary alicyclic amines) is 1. The van der Waals surface area contributed by atoms with Crippen LogP contribution in [0.4, 0.5) is 10.5 Å². The molecule has 1 heterocycles. The third kappa shape index (κ3) is 4.79. The Labute approximate surface area is 145 Å². The fourth-order valence-electron chi connectivity index (χ4n) is 3.07. The Morgan fingerprint density at radius 1 is 1.33 bits per heavy atom. The van der Waals surface area contributed by atoms with Crippen molar-refractivity contribution in [2.75, 3.05) is 25.6 Å². The summed E-state index contributed by atoms with van der Waals surface area (Å²) in [6.07, 6.45) is 6.41. The van der Waals surface area contributed by atoms with Gasteiger partial charge in [0.15, 0.2) is 0 Å². The standard InChI is InChI=1S/C19H30N2O3/c1-4-6-13-24-18-11-10-16(23-3)14-17(18)20-19(22)21-12-8-7-9-15(21)5-2/h10-11,14-15H,4-9,12-13H2,1-3H3,(H,20,22). The number of piperidine rings is 1. The van der Waals surface area contributed by atoms with Crippen LogP contribution in [0.15, 0.2) is 18.2 Å². The van der Waals surface area contributed by atoms with Crippen molar-refractivity contribution in [3.8, 4) is 11.5 Å². The summed E-state index contributed by atoms with van der Waals surface area (Å²) in [7, 11) is 1.62. The van der Waals surface area contributed by atoms with Gasteiger partial charge in [-0.25, -0.2) is 4.79 Å². The van der Waals surface area contributed by atoms with Crippen LogP contribution in [0.25, 0.3) is 0 Å². The first-order valence-corrected chi connectivity index (χ1v) is 9.08. The molecule has 5 heteroatoms. The highest BCUT2D eigenvalue weighted by Crippen LogP contribution is 2.30. The Morgan fingerprint density at radius 3 is 2.88 bits per heavy atom. The van der Waals surface area contributed by atoms with E-state index in [-0.39, 0.29) is 6.03 Å². The number of carbonyl (C=O) groups excluding carboxylic acids is 1. The highest BCUT2D eigenvalue weighted by molar-refractivity contribution is 5.91. The monoisotopic (exact) mass is 334 g/mol. The fourth-order valence-corrected chi connectivity index (χ4v) is 3.07. The summed E-state index contributed by atoms with van der Waals surface area (Å²) in [4.78, 5) is 14.7. The van der Waals surface area contributed by atoms with Crippen LogP contribution in [0.5, 0.6) is 11.5 Å². The van der Waals surface area contributed by atoms with Gasteiger partial charge in [-0.3, -0.25) is 0 Å². The molecular formula is C19H30N2O3. The van der Waals surface area contributed by atoms with E-state index in [0.717, 1.165) is 38.6 Å². The average Bonchev–Trinajstić information content (AvgIpc) is 2.62. The summed E-state index contributed by atoms with van der Waals surface area (Å²) >= 11 is 0. The number of nitrogens with zero attached hydrogens (tertiary/aromatic N) is 1. The zero-order valence-corrected chi connectivity index (χ0v) is 15.1. The molecule has 1 N–H and O–H groups in total. The molecule has 1 unspecified atom stereocenters. The highest BCUT2D eigenvalue weighted by atomic mass is 16.5. The second kappa shape index (κ2) is 9.40. The average molecular weight is 334 g/mol. The quantitative estimate of drug-likeness (QED) is 0.737. The van der Waals surface area contributed by atoms with E-state index in [0.29, 0.717) is 29.8 Å². The van der Waals surface area contributed by atoms with Crippen molar-refractivity contribution < 1.29 is 14.3 Å². The number of urea groups is 1. The number of anilines is 1. The van der Waals surface area contributed by atoms with Crippen LogP contribution in [-0.4, -0.2) is 37.2 Å². The molecule has 1 aliphatic heterocycles. The Balaban J connectivity index is 2.11. The van der Waals surface area contributed by atoms with Crippen LogP contribution in [0.1, 0.15) is 52.4 Å². The number of hydrogen-bond donors (Lipinski definition) is 1. The molecule has 0 saturated carbocycles. The zero-order valence-electron chi connectivity index (χ0n) is 15.1. The van der Waals surface area contributed by atoms with Gasteiger partial charge in [0.25, 0.3) is 0 Å². The lowest BCUT2D eigenvalue weighted by Gasteiger charge is -2.35. The number of methoxy groups -OCH3 is 1. The van der Waals surface area contributed by atoms with Gasteiger partial charge in [0.1, 0.15) is 11.5 Å². The van der Waals surface area contributed by atoms with Crippen molar-refractivity contribution in [2.45, 2.75) is 58.4 Å². The number of unbranched alkanes of at least 4 members (excludes halogenated alkanes) is 1. The second-order valence-corrected chi connectivity index (χ2v) is 6.25. The van der Waals surface area contributed by atoms with Crippen LogP contribution < -0.4 is 14.8 Å². The summed E-state index contributed by atoms with van der Waals surface area (Å²) in [5.41, 5.74) is 0.677. The lowest BCUT2D eigenvalue weighted by Crippen LogP contribution is -2.45. The summed E-state index contributed by atoms with van der Waals surface area (Å²) in [6.45, 7) is 5.73. The van der Waals surface area contributed by atoms with Crippen LogP contribution >= 0.6 is 0 Å². The van der Waals surface area contributed by atoms with Gasteiger partial charge in [0.2, 0.25) is 0 Å². The first-order valence-electron chi connectivity index (χ1n) is 9.08. The molecule has 1 aromatic carbocycles. The van der Waals surface area contributed by atoms with Gasteiger partial charge in [-0.2, -0.15) is 0 Å². The Hall–Kier alpha value is -1.91. The predicted octanol–water partition coefficient (Wildman–Crippen LogP) is 4.67. The Kier molecular flexibility index (Phi) is 7.22. The molecule has 0 radical (unpaired) electrons. The minimum atomic E-state index is -0.0462. The van der Waals surface area contributed by atoms with Gasteiger partial charge in [-0.05, 0) is 44.2 Å². The lowest BCUT2D eigenvalue weighted by atomic mass is 10.0. The summed E-state index contributed by atoms with van der Waals surface area (Å²) in [5, 5.41) is 3.03. The van der Waals surface area contributed by atoms with E-state index in [1.807, 2.05) is 23.1 Å². The van der Waals surface area contributed by atoms with E-state index in [9.17, 15) is 4.79 Å². The molecule has 0 aromatic heterocycles. The molecule has 24 heavy (non-hydrogen) atoms. The molecule has 134 valence electrons. The molecule has 1 saturated heterocycles. The van der Waals surface area contributed by atoms with E-state index in [4.69, 9.17) is 9.47 Å². The third-order valence-corrected chi connectivity index (χ3v) is 4.54. The van der Waals surface area contributed by atoms with Crippen molar-refractivity contribution in [1.82, 2.24) is 4.90 Å². The van der Waals surface area contributed by atoms with E-state index in [2.05, 4.69) is 19.2 Å². The molecule has 0 spiro atoms. The van der Waals surface area contributed by atoms with Crippen LogP contribution in [0, 0.1) is 0 Å². The minimum absolute atomic E-state index is 0.0462. The molecule has 1 aromatic rings. The number of nitrogens with one attached hydrogen (secondary N) is 1. The highest BCUT2D eigenvalue weighted by Gasteiger charge is 2.26. The number of carbonyl (C=O) groups is 1. The van der Waals surface area contributed by atoms with Gasteiger partial charge >= 0.3 is 6.03 Å². The first kappa shape index (κ1) is 18.4. The Morgan fingerprint density at radius 2 is 2.17 bits per heavy atom. The van der Waals surface area contributed by atoms with Crippen molar-refractivity contribution in [3.63, 3.8) is 0 Å². The van der Waals surface area contributed by atoms with Gasteiger partial charge in [0, 0.05) is 18.7 Å². The summed E-state index contributed by atoms with van der Waals surface area (Å²) in [5.74, 6) is 1.40. The molecule has 2 rings (SSSR count). The molecule has 0 aliphatic carbocycles. The van der Waals surface area contributed by atoms with E-state index >= 15 is 0 Å². The maximum absolute atomic E-state index is 12.7. The maximum atomic E-state index is 12.7. The van der Waals surface area contributed by atoms with Gasteiger partial charge in [0.05, 0.1) is 19.4 Å². The number of amides is 2. The van der Waals surface area contributed by atoms with Gasteiger partial charge < -0.3 is 19.7 Å². The molecule has 1 aliphatic rings. The van der Waals surface area contributed by atoms with Crippen molar-refractivity contribution >= 4 is 11.7 Å².